The highest BCUT2D eigenvalue weighted by Crippen LogP contribution is 2.50. The summed E-state index contributed by atoms with van der Waals surface area (Å²) in [5, 5.41) is 7.82. The molecule has 0 spiro atoms. The first kappa shape index (κ1) is 41.1. The Labute approximate surface area is 323 Å². The Bertz CT molecular complexity index is 2260. The van der Waals surface area contributed by atoms with Gasteiger partial charge in [-0.25, -0.2) is 13.1 Å². The van der Waals surface area contributed by atoms with E-state index in [2.05, 4.69) is 46.0 Å². The maximum absolute atomic E-state index is 13.1. The molecule has 0 atom stereocenters. The van der Waals surface area contributed by atoms with Crippen LogP contribution < -0.4 is 14.9 Å². The third-order valence-corrected chi connectivity index (χ3v) is 11.9. The molecule has 0 saturated carbocycles. The standard InChI is InChI=1S/C41H48N5O7PS/c1-7-51-54(48,52-8-2)25-23-31-16-18-32(19-17-31)28-42-36-27-33(20-21-37(36)46(6)24-22-29(3)4)39-43-41(53-44-39)35-14-11-13-34(26-35)40(47)45-55(49,50)38-15-10-9-12-30(38)5/h9-21,23,25-27,29,42H,7-8,22,24,28H2,1-6H3,(H,45,47). The maximum atomic E-state index is 13.1. The SMILES string of the molecule is CCOP(=O)(C=Cc1ccc(CNc2cc(-c3noc(-c4cccc(C(=O)NS(=O)(=O)c5ccccc5C)c4)n3)ccc2N(C)CCC(C)C)cc1)OCC. The normalized spacial score (nSPS) is 12.0. The third kappa shape index (κ3) is 11.0. The van der Waals surface area contributed by atoms with Gasteiger partial charge in [0, 0.05) is 42.6 Å². The van der Waals surface area contributed by atoms with Gasteiger partial charge >= 0.3 is 7.60 Å². The summed E-state index contributed by atoms with van der Waals surface area (Å²) in [6, 6.07) is 26.7. The summed E-state index contributed by atoms with van der Waals surface area (Å²) in [5.74, 6) is 1.78. The van der Waals surface area contributed by atoms with Gasteiger partial charge in [-0.15, -0.1) is 0 Å². The van der Waals surface area contributed by atoms with Crippen molar-refractivity contribution in [2.24, 2.45) is 5.92 Å². The van der Waals surface area contributed by atoms with Crippen molar-refractivity contribution in [3.8, 4) is 22.8 Å². The molecular formula is C41H48N5O7PS. The first-order valence-electron chi connectivity index (χ1n) is 18.1. The van der Waals surface area contributed by atoms with E-state index < -0.39 is 23.5 Å². The monoisotopic (exact) mass is 785 g/mol. The molecule has 4 aromatic carbocycles. The molecule has 290 valence electrons. The largest absolute Gasteiger partial charge is 0.379 e. The topological polar surface area (TPSA) is 153 Å². The van der Waals surface area contributed by atoms with Gasteiger partial charge in [-0.1, -0.05) is 67.5 Å². The number of hydrogen-bond acceptors (Lipinski definition) is 11. The van der Waals surface area contributed by atoms with Gasteiger partial charge in [0.25, 0.3) is 21.8 Å². The molecule has 14 heteroatoms. The summed E-state index contributed by atoms with van der Waals surface area (Å²) >= 11 is 0. The quantitative estimate of drug-likeness (QED) is 0.0818. The number of aromatic nitrogens is 2. The van der Waals surface area contributed by atoms with Crippen molar-refractivity contribution in [2.75, 3.05) is 37.0 Å². The number of carbonyl (C=O) groups is 1. The molecule has 1 aromatic heterocycles. The van der Waals surface area contributed by atoms with Crippen molar-refractivity contribution in [1.82, 2.24) is 14.9 Å². The Kier molecular flexibility index (Phi) is 13.8. The fourth-order valence-corrected chi connectivity index (χ4v) is 8.21. The van der Waals surface area contributed by atoms with Crippen molar-refractivity contribution < 1.29 is 31.3 Å². The number of aryl methyl sites for hydroxylation is 1. The lowest BCUT2D eigenvalue weighted by Crippen LogP contribution is -2.31. The van der Waals surface area contributed by atoms with Gasteiger partial charge in [-0.2, -0.15) is 4.98 Å². The minimum atomic E-state index is -4.09. The first-order chi connectivity index (χ1) is 26.3. The van der Waals surface area contributed by atoms with Crippen molar-refractivity contribution in [3.63, 3.8) is 0 Å². The van der Waals surface area contributed by atoms with Crippen LogP contribution in [0.25, 0.3) is 28.9 Å². The van der Waals surface area contributed by atoms with Crippen LogP contribution in [0.1, 0.15) is 61.2 Å². The van der Waals surface area contributed by atoms with Crippen LogP contribution in [0.2, 0.25) is 0 Å². The van der Waals surface area contributed by atoms with E-state index in [0.29, 0.717) is 35.0 Å². The zero-order chi connectivity index (χ0) is 39.6. The van der Waals surface area contributed by atoms with Crippen molar-refractivity contribution in [3.05, 3.63) is 119 Å². The zero-order valence-corrected chi connectivity index (χ0v) is 33.7. The number of nitrogens with zero attached hydrogens (tertiary/aromatic N) is 3. The van der Waals surface area contributed by atoms with Gasteiger partial charge in [0.2, 0.25) is 5.82 Å². The second kappa shape index (κ2) is 18.5. The number of benzene rings is 4. The van der Waals surface area contributed by atoms with E-state index in [1.54, 1.807) is 57.2 Å². The third-order valence-electron chi connectivity index (χ3n) is 8.65. The lowest BCUT2D eigenvalue weighted by molar-refractivity contribution is 0.0981. The molecular weight excluding hydrogens is 738 g/mol. The second-order valence-corrected chi connectivity index (χ2v) is 16.9. The van der Waals surface area contributed by atoms with E-state index in [1.807, 2.05) is 42.5 Å². The molecule has 0 aliphatic carbocycles. The van der Waals surface area contributed by atoms with E-state index in [-0.39, 0.29) is 29.6 Å². The smallest absolute Gasteiger partial charge is 0.354 e. The summed E-state index contributed by atoms with van der Waals surface area (Å²) in [6.07, 6.45) is 2.77. The fraction of sp³-hybridized carbons (Fsp3) is 0.293. The Morgan fingerprint density at radius 3 is 2.36 bits per heavy atom. The minimum Gasteiger partial charge on any atom is -0.379 e. The number of nitrogens with one attached hydrogen (secondary N) is 2. The van der Waals surface area contributed by atoms with E-state index in [9.17, 15) is 17.8 Å². The molecule has 0 unspecified atom stereocenters. The predicted octanol–water partition coefficient (Wildman–Crippen LogP) is 9.16. The molecule has 0 aliphatic heterocycles. The van der Waals surface area contributed by atoms with Gasteiger partial charge in [-0.3, -0.25) is 9.36 Å². The number of rotatable bonds is 18. The van der Waals surface area contributed by atoms with Crippen molar-refractivity contribution >= 4 is 41.0 Å². The number of amides is 1. The van der Waals surface area contributed by atoms with Crippen molar-refractivity contribution in [2.45, 2.75) is 52.5 Å². The van der Waals surface area contributed by atoms with E-state index in [1.165, 1.54) is 24.0 Å². The molecule has 0 bridgehead atoms. The maximum Gasteiger partial charge on any atom is 0.354 e. The van der Waals surface area contributed by atoms with Gasteiger partial charge < -0.3 is 23.8 Å². The number of anilines is 2. The second-order valence-electron chi connectivity index (χ2n) is 13.3. The molecule has 0 aliphatic rings. The Morgan fingerprint density at radius 2 is 1.67 bits per heavy atom. The molecule has 12 nitrogen and oxygen atoms in total. The van der Waals surface area contributed by atoms with Crippen LogP contribution in [0.5, 0.6) is 0 Å². The fourth-order valence-electron chi connectivity index (χ4n) is 5.67. The van der Waals surface area contributed by atoms with Crippen LogP contribution in [0.15, 0.2) is 106 Å². The van der Waals surface area contributed by atoms with Crippen LogP contribution in [0.3, 0.4) is 0 Å². The van der Waals surface area contributed by atoms with Gasteiger partial charge in [0.05, 0.1) is 29.5 Å². The summed E-state index contributed by atoms with van der Waals surface area (Å²) < 4.78 is 57.2. The Balaban J connectivity index is 1.35. The number of hydrogen-bond donors (Lipinski definition) is 2. The molecule has 2 N–H and O–H groups in total. The lowest BCUT2D eigenvalue weighted by atomic mass is 10.1. The molecule has 1 heterocycles. The Morgan fingerprint density at radius 1 is 0.945 bits per heavy atom. The highest BCUT2D eigenvalue weighted by molar-refractivity contribution is 7.90. The zero-order valence-electron chi connectivity index (χ0n) is 32.0. The van der Waals surface area contributed by atoms with E-state index in [0.717, 1.165) is 35.5 Å². The first-order valence-corrected chi connectivity index (χ1v) is 21.2. The highest BCUT2D eigenvalue weighted by atomic mass is 32.2. The van der Waals surface area contributed by atoms with Crippen molar-refractivity contribution in [1.29, 1.82) is 0 Å². The molecule has 5 aromatic rings. The average molecular weight is 786 g/mol. The molecule has 1 amide bonds. The van der Waals surface area contributed by atoms with Gasteiger partial charge in [0.1, 0.15) is 0 Å². The molecule has 5 rings (SSSR count). The van der Waals surface area contributed by atoms with Crippen LogP contribution >= 0.6 is 7.60 Å². The van der Waals surface area contributed by atoms with Crippen LogP contribution in [-0.4, -0.2) is 51.3 Å². The molecule has 0 radical (unpaired) electrons. The minimum absolute atomic E-state index is 0.0307. The molecule has 0 saturated heterocycles. The summed E-state index contributed by atoms with van der Waals surface area (Å²) in [6.45, 7) is 11.6. The van der Waals surface area contributed by atoms with Crippen LogP contribution in [0.4, 0.5) is 11.4 Å². The Hall–Kier alpha value is -5.07. The predicted molar refractivity (Wildman–Crippen MR) is 217 cm³/mol. The summed E-state index contributed by atoms with van der Waals surface area (Å²) in [4.78, 5) is 19.9. The number of sulfonamides is 1. The van der Waals surface area contributed by atoms with Gasteiger partial charge in [0.15, 0.2) is 0 Å². The van der Waals surface area contributed by atoms with Gasteiger partial charge in [-0.05, 0) is 98.3 Å². The van der Waals surface area contributed by atoms with Crippen LogP contribution in [-0.2, 0) is 30.2 Å². The average Bonchev–Trinajstić information content (AvgIpc) is 3.67. The van der Waals surface area contributed by atoms with E-state index >= 15 is 0 Å². The number of carbonyl (C=O) groups excluding carboxylic acids is 1. The molecule has 0 fully saturated rings. The molecule has 55 heavy (non-hydrogen) atoms. The van der Waals surface area contributed by atoms with Crippen LogP contribution in [0, 0.1) is 12.8 Å². The summed E-state index contributed by atoms with van der Waals surface area (Å²) in [7, 11) is -5.32. The van der Waals surface area contributed by atoms with E-state index in [4.69, 9.17) is 13.6 Å². The lowest BCUT2D eigenvalue weighted by Gasteiger charge is -2.24. The summed E-state index contributed by atoms with van der Waals surface area (Å²) in [5.41, 5.74) is 5.60. The highest BCUT2D eigenvalue weighted by Gasteiger charge is 2.22.